The first-order valence-corrected chi connectivity index (χ1v) is 7.12. The molecule has 0 aliphatic carbocycles. The Labute approximate surface area is 104 Å². The monoisotopic (exact) mass is 224 g/mol. The summed E-state index contributed by atoms with van der Waals surface area (Å²) in [6.07, 6.45) is 9.38. The molecule has 2 unspecified atom stereocenters. The first-order valence-electron chi connectivity index (χ1n) is 7.12. The fourth-order valence-corrected chi connectivity index (χ4v) is 2.21. The van der Waals surface area contributed by atoms with Crippen molar-refractivity contribution in [1.29, 1.82) is 0 Å². The lowest BCUT2D eigenvalue weighted by Crippen LogP contribution is -2.08. The van der Waals surface area contributed by atoms with Gasteiger partial charge in [0.05, 0.1) is 0 Å². The fourth-order valence-electron chi connectivity index (χ4n) is 2.21. The lowest BCUT2D eigenvalue weighted by molar-refractivity contribution is 0.367. The Kier molecular flexibility index (Phi) is 8.70. The quantitative estimate of drug-likeness (QED) is 0.455. The average Bonchev–Trinajstić information content (AvgIpc) is 2.20. The van der Waals surface area contributed by atoms with Crippen molar-refractivity contribution in [3.63, 3.8) is 0 Å². The van der Waals surface area contributed by atoms with Crippen molar-refractivity contribution in [2.24, 2.45) is 17.8 Å². The molecule has 0 bridgehead atoms. The molecule has 0 saturated heterocycles. The number of allylic oxidation sites excluding steroid dienone is 2. The molecule has 96 valence electrons. The average molecular weight is 224 g/mol. The van der Waals surface area contributed by atoms with Crippen LogP contribution in [0.1, 0.15) is 73.6 Å². The van der Waals surface area contributed by atoms with Gasteiger partial charge in [-0.1, -0.05) is 65.0 Å². The van der Waals surface area contributed by atoms with E-state index in [0.29, 0.717) is 0 Å². The number of rotatable bonds is 8. The van der Waals surface area contributed by atoms with Gasteiger partial charge in [-0.15, -0.1) is 0 Å². The third-order valence-electron chi connectivity index (χ3n) is 3.45. The number of unbranched alkanes of at least 4 members (excludes halogenated alkanes) is 1. The van der Waals surface area contributed by atoms with Gasteiger partial charge in [-0.25, -0.2) is 0 Å². The largest absolute Gasteiger partial charge is 0.0825 e. The van der Waals surface area contributed by atoms with Crippen molar-refractivity contribution in [2.45, 2.75) is 73.6 Å². The Hall–Kier alpha value is -0.260. The van der Waals surface area contributed by atoms with Gasteiger partial charge in [0.1, 0.15) is 0 Å². The smallest absolute Gasteiger partial charge is 0.0208 e. The molecule has 0 nitrogen and oxygen atoms in total. The lowest BCUT2D eigenvalue weighted by Gasteiger charge is -2.20. The second-order valence-corrected chi connectivity index (χ2v) is 5.98. The molecule has 2 atom stereocenters. The Morgan fingerprint density at radius 2 is 1.62 bits per heavy atom. The Morgan fingerprint density at radius 1 is 1.00 bits per heavy atom. The topological polar surface area (TPSA) is 0 Å². The lowest BCUT2D eigenvalue weighted by atomic mass is 9.86. The van der Waals surface area contributed by atoms with E-state index < -0.39 is 0 Å². The predicted octanol–water partition coefficient (Wildman–Crippen LogP) is 5.83. The Bertz CT molecular complexity index is 184. The summed E-state index contributed by atoms with van der Waals surface area (Å²) >= 11 is 0. The third-order valence-corrected chi connectivity index (χ3v) is 3.45. The van der Waals surface area contributed by atoms with Gasteiger partial charge in [0.15, 0.2) is 0 Å². The van der Waals surface area contributed by atoms with Crippen LogP contribution in [0.3, 0.4) is 0 Å². The first-order chi connectivity index (χ1) is 7.47. The normalized spacial score (nSPS) is 14.9. The van der Waals surface area contributed by atoms with Crippen LogP contribution in [-0.4, -0.2) is 0 Å². The predicted molar refractivity (Wildman–Crippen MR) is 75.7 cm³/mol. The molecule has 0 spiro atoms. The minimum absolute atomic E-state index is 0.785. The maximum absolute atomic E-state index is 2.47. The molecule has 0 aromatic heterocycles. The molecule has 0 aromatic carbocycles. The van der Waals surface area contributed by atoms with Crippen molar-refractivity contribution in [3.8, 4) is 0 Å². The molecule has 0 heteroatoms. The SMILES string of the molecule is CCCCC(C)CCC(C=C(C)C)C(C)C. The van der Waals surface area contributed by atoms with E-state index >= 15 is 0 Å². The molecular formula is C16H32. The van der Waals surface area contributed by atoms with E-state index in [4.69, 9.17) is 0 Å². The number of hydrogen-bond acceptors (Lipinski definition) is 0. The zero-order valence-electron chi connectivity index (χ0n) is 12.3. The van der Waals surface area contributed by atoms with Gasteiger partial charge >= 0.3 is 0 Å². The Balaban J connectivity index is 3.97. The van der Waals surface area contributed by atoms with Crippen molar-refractivity contribution in [3.05, 3.63) is 11.6 Å². The summed E-state index contributed by atoms with van der Waals surface area (Å²) < 4.78 is 0. The Morgan fingerprint density at radius 3 is 2.06 bits per heavy atom. The maximum atomic E-state index is 2.47. The zero-order valence-corrected chi connectivity index (χ0v) is 12.3. The summed E-state index contributed by atoms with van der Waals surface area (Å²) in [5.41, 5.74) is 1.47. The van der Waals surface area contributed by atoms with Gasteiger partial charge in [-0.2, -0.15) is 0 Å². The van der Waals surface area contributed by atoms with E-state index in [1.165, 1.54) is 37.7 Å². The van der Waals surface area contributed by atoms with E-state index in [2.05, 4.69) is 47.6 Å². The summed E-state index contributed by atoms with van der Waals surface area (Å²) in [6.45, 7) is 13.8. The van der Waals surface area contributed by atoms with Crippen LogP contribution in [0.4, 0.5) is 0 Å². The fraction of sp³-hybridized carbons (Fsp3) is 0.875. The van der Waals surface area contributed by atoms with Gasteiger partial charge in [0, 0.05) is 0 Å². The standard InChI is InChI=1S/C16H32/c1-7-8-9-15(6)10-11-16(14(4)5)12-13(2)3/h12,14-16H,7-11H2,1-6H3. The van der Waals surface area contributed by atoms with Gasteiger partial charge in [0.2, 0.25) is 0 Å². The van der Waals surface area contributed by atoms with E-state index in [1.54, 1.807) is 0 Å². The summed E-state index contributed by atoms with van der Waals surface area (Å²) in [6, 6.07) is 0. The van der Waals surface area contributed by atoms with Crippen molar-refractivity contribution >= 4 is 0 Å². The molecule has 0 rings (SSSR count). The third kappa shape index (κ3) is 7.96. The van der Waals surface area contributed by atoms with Crippen LogP contribution in [0.15, 0.2) is 11.6 Å². The highest BCUT2D eigenvalue weighted by Gasteiger charge is 2.12. The van der Waals surface area contributed by atoms with Crippen LogP contribution in [0, 0.1) is 17.8 Å². The molecule has 0 saturated carbocycles. The van der Waals surface area contributed by atoms with Crippen molar-refractivity contribution in [2.75, 3.05) is 0 Å². The summed E-state index contributed by atoms with van der Waals surface area (Å²) in [4.78, 5) is 0. The summed E-state index contributed by atoms with van der Waals surface area (Å²) in [5.74, 6) is 2.48. The van der Waals surface area contributed by atoms with Crippen LogP contribution in [0.25, 0.3) is 0 Å². The van der Waals surface area contributed by atoms with Crippen molar-refractivity contribution < 1.29 is 0 Å². The minimum atomic E-state index is 0.785. The molecular weight excluding hydrogens is 192 g/mol. The minimum Gasteiger partial charge on any atom is -0.0825 e. The molecule has 0 amide bonds. The van der Waals surface area contributed by atoms with Crippen LogP contribution in [-0.2, 0) is 0 Å². The van der Waals surface area contributed by atoms with E-state index in [9.17, 15) is 0 Å². The van der Waals surface area contributed by atoms with Gasteiger partial charge < -0.3 is 0 Å². The van der Waals surface area contributed by atoms with Crippen LogP contribution in [0.5, 0.6) is 0 Å². The van der Waals surface area contributed by atoms with Crippen LogP contribution < -0.4 is 0 Å². The molecule has 0 aromatic rings. The number of hydrogen-bond donors (Lipinski definition) is 0. The van der Waals surface area contributed by atoms with Crippen molar-refractivity contribution in [1.82, 2.24) is 0 Å². The van der Waals surface area contributed by atoms with Crippen LogP contribution in [0.2, 0.25) is 0 Å². The molecule has 0 radical (unpaired) electrons. The summed E-state index contributed by atoms with van der Waals surface area (Å²) in [5, 5.41) is 0. The maximum Gasteiger partial charge on any atom is -0.0208 e. The molecule has 0 aliphatic rings. The summed E-state index contributed by atoms with van der Waals surface area (Å²) in [7, 11) is 0. The molecule has 0 aliphatic heterocycles. The molecule has 0 heterocycles. The van der Waals surface area contributed by atoms with Gasteiger partial charge in [-0.05, 0) is 38.0 Å². The highest BCUT2D eigenvalue weighted by Crippen LogP contribution is 2.24. The van der Waals surface area contributed by atoms with E-state index in [-0.39, 0.29) is 0 Å². The second kappa shape index (κ2) is 8.84. The van der Waals surface area contributed by atoms with Gasteiger partial charge in [-0.3, -0.25) is 0 Å². The molecule has 0 fully saturated rings. The second-order valence-electron chi connectivity index (χ2n) is 5.98. The van der Waals surface area contributed by atoms with E-state index in [1.807, 2.05) is 0 Å². The highest BCUT2D eigenvalue weighted by atomic mass is 14.2. The van der Waals surface area contributed by atoms with Crippen LogP contribution >= 0.6 is 0 Å². The first kappa shape index (κ1) is 15.7. The molecule has 0 N–H and O–H groups in total. The van der Waals surface area contributed by atoms with Gasteiger partial charge in [0.25, 0.3) is 0 Å². The molecule has 16 heavy (non-hydrogen) atoms. The zero-order chi connectivity index (χ0) is 12.6. The van der Waals surface area contributed by atoms with E-state index in [0.717, 1.165) is 17.8 Å². The highest BCUT2D eigenvalue weighted by molar-refractivity contribution is 4.98.